The zero-order valence-corrected chi connectivity index (χ0v) is 11.1. The molecular formula is C12H17N3O5. The molecule has 1 saturated heterocycles. The number of nitrogens with one attached hydrogen (secondary N) is 2. The van der Waals surface area contributed by atoms with Crippen molar-refractivity contribution in [1.82, 2.24) is 15.5 Å². The molecule has 2 aliphatic rings. The number of imide groups is 1. The molecule has 2 rings (SSSR count). The van der Waals surface area contributed by atoms with Gasteiger partial charge in [0.25, 0.3) is 5.91 Å². The lowest BCUT2D eigenvalue weighted by atomic mass is 9.98. The summed E-state index contributed by atoms with van der Waals surface area (Å²) in [5.41, 5.74) is -0.865. The van der Waals surface area contributed by atoms with E-state index in [1.165, 1.54) is 6.92 Å². The maximum atomic E-state index is 12.3. The van der Waals surface area contributed by atoms with Crippen LogP contribution in [-0.4, -0.2) is 51.9 Å². The Balaban J connectivity index is 2.12. The molecule has 1 heterocycles. The van der Waals surface area contributed by atoms with Crippen molar-refractivity contribution in [3.63, 3.8) is 0 Å². The number of nitrogens with zero attached hydrogens (tertiary/aromatic N) is 1. The van der Waals surface area contributed by atoms with E-state index < -0.39 is 35.4 Å². The fraction of sp³-hybridized carbons (Fsp3) is 0.667. The van der Waals surface area contributed by atoms with Gasteiger partial charge in [0, 0.05) is 6.92 Å². The van der Waals surface area contributed by atoms with E-state index in [9.17, 15) is 19.2 Å². The normalized spacial score (nSPS) is 21.9. The molecule has 0 radical (unpaired) electrons. The number of carbonyl (C=O) groups is 4. The third-order valence-corrected chi connectivity index (χ3v) is 3.74. The van der Waals surface area contributed by atoms with Crippen molar-refractivity contribution in [2.75, 3.05) is 6.54 Å². The first-order valence-electron chi connectivity index (χ1n) is 6.50. The third-order valence-electron chi connectivity index (χ3n) is 3.74. The summed E-state index contributed by atoms with van der Waals surface area (Å²) >= 11 is 0. The van der Waals surface area contributed by atoms with Crippen LogP contribution in [0.5, 0.6) is 0 Å². The van der Waals surface area contributed by atoms with Gasteiger partial charge < -0.3 is 15.7 Å². The number of urea groups is 1. The molecule has 2 fully saturated rings. The van der Waals surface area contributed by atoms with Crippen LogP contribution in [0, 0.1) is 0 Å². The van der Waals surface area contributed by atoms with Gasteiger partial charge >= 0.3 is 12.0 Å². The van der Waals surface area contributed by atoms with Crippen molar-refractivity contribution in [3.8, 4) is 0 Å². The van der Waals surface area contributed by atoms with Gasteiger partial charge in [-0.15, -0.1) is 0 Å². The molecular weight excluding hydrogens is 266 g/mol. The highest BCUT2D eigenvalue weighted by Gasteiger charge is 2.52. The van der Waals surface area contributed by atoms with Gasteiger partial charge in [-0.25, -0.2) is 9.59 Å². The number of carbonyl (C=O) groups excluding carboxylic acids is 3. The molecule has 3 N–H and O–H groups in total. The fourth-order valence-corrected chi connectivity index (χ4v) is 2.77. The zero-order chi connectivity index (χ0) is 14.9. The first-order valence-corrected chi connectivity index (χ1v) is 6.50. The second kappa shape index (κ2) is 5.10. The minimum Gasteiger partial charge on any atom is -0.480 e. The van der Waals surface area contributed by atoms with Crippen molar-refractivity contribution >= 4 is 23.8 Å². The third kappa shape index (κ3) is 2.45. The molecule has 8 heteroatoms. The molecule has 8 nitrogen and oxygen atoms in total. The smallest absolute Gasteiger partial charge is 0.328 e. The molecule has 1 aliphatic heterocycles. The van der Waals surface area contributed by atoms with Crippen LogP contribution in [0.15, 0.2) is 0 Å². The van der Waals surface area contributed by atoms with E-state index in [2.05, 4.69) is 10.6 Å². The van der Waals surface area contributed by atoms with Crippen molar-refractivity contribution in [2.45, 2.75) is 44.2 Å². The highest BCUT2D eigenvalue weighted by Crippen LogP contribution is 2.34. The van der Waals surface area contributed by atoms with E-state index >= 15 is 0 Å². The average Bonchev–Trinajstić information content (AvgIpc) is 2.89. The average molecular weight is 283 g/mol. The van der Waals surface area contributed by atoms with E-state index in [0.717, 1.165) is 17.7 Å². The molecule has 0 aromatic carbocycles. The Hall–Kier alpha value is -2.12. The highest BCUT2D eigenvalue weighted by atomic mass is 16.4. The molecule has 0 aromatic heterocycles. The summed E-state index contributed by atoms with van der Waals surface area (Å²) in [4.78, 5) is 47.1. The molecule has 1 spiro atoms. The Labute approximate surface area is 115 Å². The van der Waals surface area contributed by atoms with Gasteiger partial charge in [0.2, 0.25) is 5.91 Å². The summed E-state index contributed by atoms with van der Waals surface area (Å²) in [5.74, 6) is -2.20. The Morgan fingerprint density at radius 3 is 2.50 bits per heavy atom. The van der Waals surface area contributed by atoms with E-state index in [4.69, 9.17) is 5.11 Å². The van der Waals surface area contributed by atoms with Crippen molar-refractivity contribution in [1.29, 1.82) is 0 Å². The first kappa shape index (κ1) is 14.3. The van der Waals surface area contributed by atoms with Crippen LogP contribution >= 0.6 is 0 Å². The maximum absolute atomic E-state index is 12.3. The van der Waals surface area contributed by atoms with Crippen LogP contribution < -0.4 is 10.6 Å². The van der Waals surface area contributed by atoms with E-state index in [1.54, 1.807) is 0 Å². The van der Waals surface area contributed by atoms with Crippen LogP contribution in [-0.2, 0) is 14.4 Å². The van der Waals surface area contributed by atoms with E-state index in [-0.39, 0.29) is 6.54 Å². The van der Waals surface area contributed by atoms with E-state index in [0.29, 0.717) is 12.8 Å². The summed E-state index contributed by atoms with van der Waals surface area (Å²) in [6.07, 6.45) is 2.86. The van der Waals surface area contributed by atoms with Gasteiger partial charge in [-0.3, -0.25) is 14.5 Å². The Morgan fingerprint density at radius 1 is 1.40 bits per heavy atom. The summed E-state index contributed by atoms with van der Waals surface area (Å²) in [7, 11) is 0. The number of carboxylic acid groups (broad SMARTS) is 1. The molecule has 1 unspecified atom stereocenters. The van der Waals surface area contributed by atoms with E-state index in [1.807, 2.05) is 0 Å². The fourth-order valence-electron chi connectivity index (χ4n) is 2.77. The quantitative estimate of drug-likeness (QED) is 0.598. The number of hydrogen-bond acceptors (Lipinski definition) is 4. The molecule has 1 aliphatic carbocycles. The van der Waals surface area contributed by atoms with Crippen LogP contribution in [0.4, 0.5) is 4.79 Å². The lowest BCUT2D eigenvalue weighted by Gasteiger charge is -2.22. The number of carboxylic acids is 1. The Morgan fingerprint density at radius 2 is 2.00 bits per heavy atom. The molecule has 1 saturated carbocycles. The standard InChI is InChI=1S/C12H17N3O5/c1-7(16)13-8(9(17)18)6-15-10(19)12(14-11(15)20)4-2-3-5-12/h8H,2-6H2,1H3,(H,13,16)(H,14,20)(H,17,18). The van der Waals surface area contributed by atoms with Crippen LogP contribution in [0.2, 0.25) is 0 Å². The highest BCUT2D eigenvalue weighted by molar-refractivity contribution is 6.07. The molecule has 110 valence electrons. The summed E-state index contributed by atoms with van der Waals surface area (Å²) < 4.78 is 0. The summed E-state index contributed by atoms with van der Waals surface area (Å²) in [6.45, 7) is 0.821. The second-order valence-corrected chi connectivity index (χ2v) is 5.23. The van der Waals surface area contributed by atoms with Crippen molar-refractivity contribution in [2.24, 2.45) is 0 Å². The van der Waals surface area contributed by atoms with Gasteiger partial charge in [-0.2, -0.15) is 0 Å². The number of aliphatic carboxylic acids is 1. The van der Waals surface area contributed by atoms with Crippen molar-refractivity contribution < 1.29 is 24.3 Å². The van der Waals surface area contributed by atoms with Gasteiger partial charge in [0.1, 0.15) is 11.6 Å². The van der Waals surface area contributed by atoms with Gasteiger partial charge in [-0.1, -0.05) is 12.8 Å². The van der Waals surface area contributed by atoms with Gasteiger partial charge in [0.05, 0.1) is 6.54 Å². The summed E-state index contributed by atoms with van der Waals surface area (Å²) in [5, 5.41) is 13.9. The molecule has 4 amide bonds. The van der Waals surface area contributed by atoms with Gasteiger partial charge in [-0.05, 0) is 12.8 Å². The molecule has 1 atom stereocenters. The van der Waals surface area contributed by atoms with Crippen LogP contribution in [0.1, 0.15) is 32.6 Å². The van der Waals surface area contributed by atoms with Crippen LogP contribution in [0.3, 0.4) is 0 Å². The number of hydrogen-bond donors (Lipinski definition) is 3. The molecule has 0 aromatic rings. The largest absolute Gasteiger partial charge is 0.480 e. The first-order chi connectivity index (χ1) is 9.35. The minimum absolute atomic E-state index is 0.360. The van der Waals surface area contributed by atoms with Crippen molar-refractivity contribution in [3.05, 3.63) is 0 Å². The molecule has 0 bridgehead atoms. The Kier molecular flexibility index (Phi) is 3.65. The number of rotatable bonds is 4. The lowest BCUT2D eigenvalue weighted by Crippen LogP contribution is -2.50. The maximum Gasteiger partial charge on any atom is 0.328 e. The zero-order valence-electron chi connectivity index (χ0n) is 11.1. The van der Waals surface area contributed by atoms with Crippen LogP contribution in [0.25, 0.3) is 0 Å². The predicted molar refractivity (Wildman–Crippen MR) is 66.7 cm³/mol. The summed E-state index contributed by atoms with van der Waals surface area (Å²) in [6, 6.07) is -1.88. The Bertz CT molecular complexity index is 470. The number of amides is 4. The topological polar surface area (TPSA) is 116 Å². The SMILES string of the molecule is CC(=O)NC(CN1C(=O)NC2(CCCC2)C1=O)C(=O)O. The minimum atomic E-state index is -1.29. The van der Waals surface area contributed by atoms with Gasteiger partial charge in [0.15, 0.2) is 0 Å². The lowest BCUT2D eigenvalue weighted by molar-refractivity contribution is -0.142. The monoisotopic (exact) mass is 283 g/mol. The predicted octanol–water partition coefficient (Wildman–Crippen LogP) is -0.560. The second-order valence-electron chi connectivity index (χ2n) is 5.23. The molecule has 20 heavy (non-hydrogen) atoms.